The van der Waals surface area contributed by atoms with Crippen molar-refractivity contribution in [3.63, 3.8) is 0 Å². The molecule has 0 aliphatic carbocycles. The first-order chi connectivity index (χ1) is 15.4. The van der Waals surface area contributed by atoms with Crippen LogP contribution < -0.4 is 14.8 Å². The van der Waals surface area contributed by atoms with Crippen molar-refractivity contribution in [2.24, 2.45) is 0 Å². The van der Waals surface area contributed by atoms with Crippen molar-refractivity contribution < 1.29 is 13.9 Å². The monoisotopic (exact) mass is 559 g/mol. The van der Waals surface area contributed by atoms with E-state index in [1.165, 1.54) is 12.1 Å². The van der Waals surface area contributed by atoms with Crippen LogP contribution in [0.25, 0.3) is 0 Å². The number of rotatable bonds is 10. The summed E-state index contributed by atoms with van der Waals surface area (Å²) in [7, 11) is 0. The quantitative estimate of drug-likeness (QED) is 0.256. The lowest BCUT2D eigenvalue weighted by molar-refractivity contribution is 0.269. The summed E-state index contributed by atoms with van der Waals surface area (Å²) in [6.45, 7) is 3.99. The molecular weight excluding hydrogens is 540 g/mol. The van der Waals surface area contributed by atoms with E-state index in [0.717, 1.165) is 28.6 Å². The SMILES string of the molecule is CCOc1cc(CNCCc2ccc(Cl)cc2Cl)c(Br)cc1OCc1ccc(F)cc1Cl. The molecule has 1 N–H and O–H groups in total. The third-order valence-electron chi connectivity index (χ3n) is 4.71. The van der Waals surface area contributed by atoms with E-state index in [1.807, 2.05) is 31.2 Å². The molecule has 0 unspecified atom stereocenters. The van der Waals surface area contributed by atoms with Crippen LogP contribution in [0.4, 0.5) is 4.39 Å². The zero-order valence-electron chi connectivity index (χ0n) is 17.4. The second-order valence-electron chi connectivity index (χ2n) is 7.01. The Morgan fingerprint density at radius 3 is 2.31 bits per heavy atom. The molecule has 3 aromatic carbocycles. The van der Waals surface area contributed by atoms with Gasteiger partial charge in [0.05, 0.1) is 11.6 Å². The van der Waals surface area contributed by atoms with Gasteiger partial charge in [0.15, 0.2) is 11.5 Å². The highest BCUT2D eigenvalue weighted by atomic mass is 79.9. The van der Waals surface area contributed by atoms with Crippen LogP contribution in [-0.2, 0) is 19.6 Å². The normalized spacial score (nSPS) is 10.9. The summed E-state index contributed by atoms with van der Waals surface area (Å²) in [5.74, 6) is 0.828. The van der Waals surface area contributed by atoms with E-state index in [0.29, 0.717) is 45.3 Å². The van der Waals surface area contributed by atoms with Crippen LogP contribution in [-0.4, -0.2) is 13.2 Å². The number of nitrogens with one attached hydrogen (secondary N) is 1. The summed E-state index contributed by atoms with van der Waals surface area (Å²) in [5.41, 5.74) is 2.77. The minimum Gasteiger partial charge on any atom is -0.490 e. The van der Waals surface area contributed by atoms with Crippen molar-refractivity contribution in [3.8, 4) is 11.5 Å². The van der Waals surface area contributed by atoms with Crippen LogP contribution in [0.5, 0.6) is 11.5 Å². The molecule has 0 heterocycles. The van der Waals surface area contributed by atoms with E-state index < -0.39 is 0 Å². The first-order valence-corrected chi connectivity index (χ1v) is 12.0. The van der Waals surface area contributed by atoms with Gasteiger partial charge in [0.1, 0.15) is 12.4 Å². The van der Waals surface area contributed by atoms with E-state index in [9.17, 15) is 4.39 Å². The van der Waals surface area contributed by atoms with Crippen molar-refractivity contribution in [3.05, 3.63) is 90.6 Å². The highest BCUT2D eigenvalue weighted by Gasteiger charge is 2.12. The Balaban J connectivity index is 1.63. The van der Waals surface area contributed by atoms with Crippen LogP contribution in [0.15, 0.2) is 53.0 Å². The lowest BCUT2D eigenvalue weighted by Gasteiger charge is -2.16. The van der Waals surface area contributed by atoms with Gasteiger partial charge in [-0.15, -0.1) is 0 Å². The maximum Gasteiger partial charge on any atom is 0.162 e. The third kappa shape index (κ3) is 7.00. The molecule has 0 bridgehead atoms. The largest absolute Gasteiger partial charge is 0.490 e. The second kappa shape index (κ2) is 12.1. The molecule has 0 fully saturated rings. The molecule has 0 amide bonds. The lowest BCUT2D eigenvalue weighted by atomic mass is 10.1. The Morgan fingerprint density at radius 1 is 0.875 bits per heavy atom. The molecule has 0 radical (unpaired) electrons. The van der Waals surface area contributed by atoms with E-state index in [1.54, 1.807) is 12.1 Å². The molecule has 3 nitrogen and oxygen atoms in total. The van der Waals surface area contributed by atoms with Crippen molar-refractivity contribution in [1.82, 2.24) is 5.32 Å². The fourth-order valence-electron chi connectivity index (χ4n) is 3.06. The van der Waals surface area contributed by atoms with Gasteiger partial charge in [-0.1, -0.05) is 62.9 Å². The molecule has 170 valence electrons. The highest BCUT2D eigenvalue weighted by molar-refractivity contribution is 9.10. The number of benzene rings is 3. The van der Waals surface area contributed by atoms with Crippen molar-refractivity contribution in [1.29, 1.82) is 0 Å². The van der Waals surface area contributed by atoms with E-state index in [-0.39, 0.29) is 12.4 Å². The molecule has 3 rings (SSSR count). The van der Waals surface area contributed by atoms with E-state index in [4.69, 9.17) is 44.3 Å². The fourth-order valence-corrected chi connectivity index (χ4v) is 4.25. The average Bonchev–Trinajstić information content (AvgIpc) is 2.74. The summed E-state index contributed by atoms with van der Waals surface area (Å²) < 4.78 is 25.9. The first kappa shape index (κ1) is 25.1. The van der Waals surface area contributed by atoms with Gasteiger partial charge in [0.2, 0.25) is 0 Å². The molecule has 0 saturated carbocycles. The molecule has 0 aliphatic rings. The van der Waals surface area contributed by atoms with Gasteiger partial charge in [-0.05, 0) is 67.4 Å². The van der Waals surface area contributed by atoms with Crippen LogP contribution in [0.3, 0.4) is 0 Å². The Hall–Kier alpha value is -1.50. The Bertz CT molecular complexity index is 1080. The third-order valence-corrected chi connectivity index (χ3v) is 6.39. The Kier molecular flexibility index (Phi) is 9.50. The van der Waals surface area contributed by atoms with Crippen LogP contribution >= 0.6 is 50.7 Å². The predicted octanol–water partition coefficient (Wildman–Crippen LogP) is 7.86. The molecule has 3 aromatic rings. The highest BCUT2D eigenvalue weighted by Crippen LogP contribution is 2.35. The molecule has 0 aromatic heterocycles. The summed E-state index contributed by atoms with van der Waals surface area (Å²) in [5, 5.41) is 5.04. The van der Waals surface area contributed by atoms with Crippen molar-refractivity contribution in [2.75, 3.05) is 13.2 Å². The summed E-state index contributed by atoms with van der Waals surface area (Å²) in [4.78, 5) is 0. The lowest BCUT2D eigenvalue weighted by Crippen LogP contribution is -2.17. The van der Waals surface area contributed by atoms with Crippen LogP contribution in [0, 0.1) is 5.82 Å². The molecule has 0 aliphatic heterocycles. The maximum atomic E-state index is 13.3. The van der Waals surface area contributed by atoms with Crippen molar-refractivity contribution >= 4 is 50.7 Å². The molecule has 0 spiro atoms. The summed E-state index contributed by atoms with van der Waals surface area (Å²) in [6.07, 6.45) is 0.783. The number of hydrogen-bond donors (Lipinski definition) is 1. The van der Waals surface area contributed by atoms with Crippen LogP contribution in [0.2, 0.25) is 15.1 Å². The molecule has 0 saturated heterocycles. The Morgan fingerprint density at radius 2 is 1.59 bits per heavy atom. The zero-order valence-corrected chi connectivity index (χ0v) is 21.2. The van der Waals surface area contributed by atoms with Gasteiger partial charge >= 0.3 is 0 Å². The fraction of sp³-hybridized carbons (Fsp3) is 0.250. The number of halogens is 5. The van der Waals surface area contributed by atoms with Gasteiger partial charge in [0, 0.05) is 26.6 Å². The predicted molar refractivity (Wildman–Crippen MR) is 133 cm³/mol. The average molecular weight is 562 g/mol. The minimum atomic E-state index is -0.383. The minimum absolute atomic E-state index is 0.199. The number of ether oxygens (including phenoxy) is 2. The zero-order chi connectivity index (χ0) is 23.1. The van der Waals surface area contributed by atoms with E-state index >= 15 is 0 Å². The summed E-state index contributed by atoms with van der Waals surface area (Å²) in [6, 6.07) is 13.6. The maximum absolute atomic E-state index is 13.3. The first-order valence-electron chi connectivity index (χ1n) is 10.0. The smallest absolute Gasteiger partial charge is 0.162 e. The van der Waals surface area contributed by atoms with Crippen LogP contribution in [0.1, 0.15) is 23.6 Å². The molecule has 0 atom stereocenters. The summed E-state index contributed by atoms with van der Waals surface area (Å²) >= 11 is 21.9. The van der Waals surface area contributed by atoms with Gasteiger partial charge < -0.3 is 14.8 Å². The topological polar surface area (TPSA) is 30.5 Å². The Labute approximate surface area is 210 Å². The molecule has 32 heavy (non-hydrogen) atoms. The van der Waals surface area contributed by atoms with Gasteiger partial charge in [-0.3, -0.25) is 0 Å². The van der Waals surface area contributed by atoms with Crippen molar-refractivity contribution in [2.45, 2.75) is 26.5 Å². The number of hydrogen-bond acceptors (Lipinski definition) is 3. The van der Waals surface area contributed by atoms with Gasteiger partial charge in [-0.25, -0.2) is 4.39 Å². The van der Waals surface area contributed by atoms with Gasteiger partial charge in [0.25, 0.3) is 0 Å². The van der Waals surface area contributed by atoms with E-state index in [2.05, 4.69) is 21.2 Å². The second-order valence-corrected chi connectivity index (χ2v) is 9.12. The standard InChI is InChI=1S/C24H22BrCl3FNO2/c1-2-31-23-9-17(13-30-8-7-15-3-5-18(26)10-21(15)27)20(25)12-24(23)32-14-16-4-6-19(29)11-22(16)28/h3-6,9-12,30H,2,7-8,13-14H2,1H3. The van der Waals surface area contributed by atoms with Gasteiger partial charge in [-0.2, -0.15) is 0 Å². The molecular formula is C24H22BrCl3FNO2. The molecule has 8 heteroatoms.